The molecule has 1 heterocycles. The van der Waals surface area contributed by atoms with Crippen LogP contribution in [0, 0.1) is 5.92 Å². The SMILES string of the molecule is CC(=O)c1ccc(S(=O)(=O)N2CCN(CC(C)C)CC2)cc1. The van der Waals surface area contributed by atoms with Crippen LogP contribution in [-0.2, 0) is 10.0 Å². The number of Topliss-reactive ketones (excluding diaryl/α,β-unsaturated/α-hetero) is 1. The van der Waals surface area contributed by atoms with Crippen molar-refractivity contribution in [3.8, 4) is 0 Å². The van der Waals surface area contributed by atoms with E-state index in [1.165, 1.54) is 23.4 Å². The molecule has 0 amide bonds. The molecular weight excluding hydrogens is 300 g/mol. The highest BCUT2D eigenvalue weighted by Gasteiger charge is 2.28. The van der Waals surface area contributed by atoms with E-state index in [2.05, 4.69) is 18.7 Å². The van der Waals surface area contributed by atoms with Gasteiger partial charge in [0.05, 0.1) is 4.90 Å². The highest BCUT2D eigenvalue weighted by Crippen LogP contribution is 2.18. The van der Waals surface area contributed by atoms with Gasteiger partial charge in [0.1, 0.15) is 0 Å². The van der Waals surface area contributed by atoms with E-state index in [0.717, 1.165) is 19.6 Å². The summed E-state index contributed by atoms with van der Waals surface area (Å²) in [5.74, 6) is 0.522. The zero-order chi connectivity index (χ0) is 16.3. The Labute approximate surface area is 133 Å². The molecule has 0 spiro atoms. The number of piperazine rings is 1. The van der Waals surface area contributed by atoms with Gasteiger partial charge in [0.25, 0.3) is 0 Å². The van der Waals surface area contributed by atoms with E-state index in [1.54, 1.807) is 12.1 Å². The Morgan fingerprint density at radius 1 is 1.09 bits per heavy atom. The molecule has 2 rings (SSSR count). The number of carbonyl (C=O) groups excluding carboxylic acids is 1. The van der Waals surface area contributed by atoms with Crippen LogP contribution in [0.25, 0.3) is 0 Å². The van der Waals surface area contributed by atoms with Crippen LogP contribution in [0.2, 0.25) is 0 Å². The van der Waals surface area contributed by atoms with Gasteiger partial charge in [-0.2, -0.15) is 4.31 Å². The van der Waals surface area contributed by atoms with Gasteiger partial charge in [-0.05, 0) is 25.0 Å². The van der Waals surface area contributed by atoms with Gasteiger partial charge in [-0.15, -0.1) is 0 Å². The summed E-state index contributed by atoms with van der Waals surface area (Å²) in [6, 6.07) is 6.19. The molecule has 6 heteroatoms. The first-order valence-electron chi connectivity index (χ1n) is 7.64. The molecule has 0 radical (unpaired) electrons. The van der Waals surface area contributed by atoms with Crippen LogP contribution in [-0.4, -0.2) is 56.1 Å². The van der Waals surface area contributed by atoms with Crippen LogP contribution in [0.1, 0.15) is 31.1 Å². The van der Waals surface area contributed by atoms with Crippen molar-refractivity contribution in [2.75, 3.05) is 32.7 Å². The number of hydrogen-bond acceptors (Lipinski definition) is 4. The summed E-state index contributed by atoms with van der Waals surface area (Å²) < 4.78 is 26.8. The van der Waals surface area contributed by atoms with Gasteiger partial charge in [-0.3, -0.25) is 4.79 Å². The zero-order valence-electron chi connectivity index (χ0n) is 13.4. The average molecular weight is 324 g/mol. The molecule has 1 aliphatic heterocycles. The number of benzene rings is 1. The number of nitrogens with zero attached hydrogens (tertiary/aromatic N) is 2. The van der Waals surface area contributed by atoms with Gasteiger partial charge in [-0.25, -0.2) is 8.42 Å². The van der Waals surface area contributed by atoms with E-state index in [9.17, 15) is 13.2 Å². The first kappa shape index (κ1) is 17.1. The lowest BCUT2D eigenvalue weighted by molar-refractivity contribution is 0.101. The molecule has 1 saturated heterocycles. The van der Waals surface area contributed by atoms with E-state index in [4.69, 9.17) is 0 Å². The van der Waals surface area contributed by atoms with Gasteiger partial charge in [0, 0.05) is 38.3 Å². The van der Waals surface area contributed by atoms with Gasteiger partial charge < -0.3 is 4.90 Å². The molecule has 0 N–H and O–H groups in total. The lowest BCUT2D eigenvalue weighted by Crippen LogP contribution is -2.49. The summed E-state index contributed by atoms with van der Waals surface area (Å²) in [5, 5.41) is 0. The van der Waals surface area contributed by atoms with Crippen LogP contribution in [0.5, 0.6) is 0 Å². The van der Waals surface area contributed by atoms with Crippen LogP contribution in [0.4, 0.5) is 0 Å². The second kappa shape index (κ2) is 6.89. The molecule has 0 aliphatic carbocycles. The highest BCUT2D eigenvalue weighted by molar-refractivity contribution is 7.89. The molecule has 1 aromatic rings. The third kappa shape index (κ3) is 3.94. The largest absolute Gasteiger partial charge is 0.300 e. The van der Waals surface area contributed by atoms with Crippen molar-refractivity contribution < 1.29 is 13.2 Å². The van der Waals surface area contributed by atoms with Crippen LogP contribution in [0.15, 0.2) is 29.2 Å². The second-order valence-electron chi connectivity index (χ2n) is 6.18. The van der Waals surface area contributed by atoms with Crippen molar-refractivity contribution in [1.82, 2.24) is 9.21 Å². The van der Waals surface area contributed by atoms with Crippen LogP contribution >= 0.6 is 0 Å². The van der Waals surface area contributed by atoms with Crippen molar-refractivity contribution in [2.24, 2.45) is 5.92 Å². The van der Waals surface area contributed by atoms with Crippen molar-refractivity contribution in [1.29, 1.82) is 0 Å². The summed E-state index contributed by atoms with van der Waals surface area (Å²) >= 11 is 0. The minimum atomic E-state index is -3.46. The molecule has 0 bridgehead atoms. The maximum Gasteiger partial charge on any atom is 0.243 e. The first-order chi connectivity index (χ1) is 10.3. The van der Waals surface area contributed by atoms with E-state index in [1.807, 2.05) is 0 Å². The standard InChI is InChI=1S/C16H24N2O3S/c1-13(2)12-17-8-10-18(11-9-17)22(20,21)16-6-4-15(5-7-16)14(3)19/h4-7,13H,8-12H2,1-3H3. The lowest BCUT2D eigenvalue weighted by atomic mass is 10.2. The van der Waals surface area contributed by atoms with Gasteiger partial charge in [0.2, 0.25) is 10.0 Å². The maximum absolute atomic E-state index is 12.6. The first-order valence-corrected chi connectivity index (χ1v) is 9.08. The van der Waals surface area contributed by atoms with Gasteiger partial charge in [0.15, 0.2) is 5.78 Å². The summed E-state index contributed by atoms with van der Waals surface area (Å²) in [4.78, 5) is 13.8. The number of ketones is 1. The molecule has 22 heavy (non-hydrogen) atoms. The molecule has 5 nitrogen and oxygen atoms in total. The molecule has 0 unspecified atom stereocenters. The van der Waals surface area contributed by atoms with Crippen LogP contribution < -0.4 is 0 Å². The Kier molecular flexibility index (Phi) is 5.36. The molecule has 122 valence electrons. The van der Waals surface area contributed by atoms with E-state index < -0.39 is 10.0 Å². The average Bonchev–Trinajstić information content (AvgIpc) is 2.47. The molecular formula is C16H24N2O3S. The van der Waals surface area contributed by atoms with Crippen molar-refractivity contribution in [3.05, 3.63) is 29.8 Å². The number of hydrogen-bond donors (Lipinski definition) is 0. The number of carbonyl (C=O) groups is 1. The minimum absolute atomic E-state index is 0.0637. The predicted octanol–water partition coefficient (Wildman–Crippen LogP) is 1.85. The Bertz CT molecular complexity index is 615. The monoisotopic (exact) mass is 324 g/mol. The topological polar surface area (TPSA) is 57.7 Å². The Balaban J connectivity index is 2.06. The normalized spacial score (nSPS) is 17.8. The maximum atomic E-state index is 12.6. The molecule has 1 aliphatic rings. The quantitative estimate of drug-likeness (QED) is 0.776. The second-order valence-corrected chi connectivity index (χ2v) is 8.12. The third-order valence-electron chi connectivity index (χ3n) is 3.85. The molecule has 0 atom stereocenters. The van der Waals surface area contributed by atoms with E-state index in [0.29, 0.717) is 24.6 Å². The fourth-order valence-corrected chi connectivity index (χ4v) is 4.10. The Morgan fingerprint density at radius 2 is 1.64 bits per heavy atom. The minimum Gasteiger partial charge on any atom is -0.300 e. The van der Waals surface area contributed by atoms with Gasteiger partial charge in [-0.1, -0.05) is 26.0 Å². The fourth-order valence-electron chi connectivity index (χ4n) is 2.68. The molecule has 1 aromatic carbocycles. The van der Waals surface area contributed by atoms with Crippen molar-refractivity contribution >= 4 is 15.8 Å². The third-order valence-corrected chi connectivity index (χ3v) is 5.77. The summed E-state index contributed by atoms with van der Waals surface area (Å²) in [7, 11) is -3.46. The smallest absolute Gasteiger partial charge is 0.243 e. The summed E-state index contributed by atoms with van der Waals surface area (Å²) in [6.07, 6.45) is 0. The Morgan fingerprint density at radius 3 is 2.09 bits per heavy atom. The predicted molar refractivity (Wildman–Crippen MR) is 86.5 cm³/mol. The summed E-state index contributed by atoms with van der Waals surface area (Å²) in [5.41, 5.74) is 0.528. The van der Waals surface area contributed by atoms with Crippen molar-refractivity contribution in [2.45, 2.75) is 25.7 Å². The van der Waals surface area contributed by atoms with E-state index in [-0.39, 0.29) is 10.7 Å². The number of sulfonamides is 1. The zero-order valence-corrected chi connectivity index (χ0v) is 14.3. The van der Waals surface area contributed by atoms with E-state index >= 15 is 0 Å². The molecule has 0 aromatic heterocycles. The van der Waals surface area contributed by atoms with Crippen molar-refractivity contribution in [3.63, 3.8) is 0 Å². The van der Waals surface area contributed by atoms with Gasteiger partial charge >= 0.3 is 0 Å². The molecule has 1 fully saturated rings. The molecule has 0 saturated carbocycles. The highest BCUT2D eigenvalue weighted by atomic mass is 32.2. The lowest BCUT2D eigenvalue weighted by Gasteiger charge is -2.34. The summed E-state index contributed by atoms with van der Waals surface area (Å²) in [6.45, 7) is 9.37. The van der Waals surface area contributed by atoms with Crippen LogP contribution in [0.3, 0.4) is 0 Å². The fraction of sp³-hybridized carbons (Fsp3) is 0.562. The number of rotatable bonds is 5. The Hall–Kier alpha value is -1.24.